The van der Waals surface area contributed by atoms with Crippen LogP contribution in [0, 0.1) is 13.8 Å². The largest absolute Gasteiger partial charge is 0.439 e. The van der Waals surface area contributed by atoms with E-state index in [0.717, 1.165) is 10.9 Å². The monoisotopic (exact) mass is 302 g/mol. The van der Waals surface area contributed by atoms with Crippen molar-refractivity contribution in [1.29, 1.82) is 0 Å². The fourth-order valence-electron chi connectivity index (χ4n) is 2.05. The van der Waals surface area contributed by atoms with Gasteiger partial charge in [-0.2, -0.15) is 4.98 Å². The molecule has 6 heteroatoms. The molecule has 0 amide bonds. The lowest BCUT2D eigenvalue weighted by atomic mass is 10.1. The predicted octanol–water partition coefficient (Wildman–Crippen LogP) is 3.65. The lowest BCUT2D eigenvalue weighted by Crippen LogP contribution is -1.98. The topological polar surface area (TPSA) is 65.2 Å². The molecule has 0 aliphatic rings. The van der Waals surface area contributed by atoms with Crippen LogP contribution < -0.4 is 10.4 Å². The van der Waals surface area contributed by atoms with E-state index in [1.54, 1.807) is 19.1 Å². The fourth-order valence-corrected chi connectivity index (χ4v) is 2.26. The van der Waals surface area contributed by atoms with Crippen molar-refractivity contribution in [3.05, 3.63) is 57.3 Å². The Balaban J connectivity index is 2.03. The zero-order valence-electron chi connectivity index (χ0n) is 11.4. The Morgan fingerprint density at radius 1 is 1.14 bits per heavy atom. The van der Waals surface area contributed by atoms with Crippen molar-refractivity contribution in [2.45, 2.75) is 13.8 Å². The molecule has 0 N–H and O–H groups in total. The summed E-state index contributed by atoms with van der Waals surface area (Å²) in [6, 6.07) is 8.23. The minimum Gasteiger partial charge on any atom is -0.439 e. The molecule has 2 aromatic heterocycles. The molecule has 0 radical (unpaired) electrons. The van der Waals surface area contributed by atoms with Gasteiger partial charge in [0, 0.05) is 23.6 Å². The van der Waals surface area contributed by atoms with Crippen molar-refractivity contribution in [1.82, 2.24) is 9.97 Å². The van der Waals surface area contributed by atoms with Crippen LogP contribution in [0.25, 0.3) is 11.0 Å². The summed E-state index contributed by atoms with van der Waals surface area (Å²) in [4.78, 5) is 19.5. The number of benzene rings is 1. The Morgan fingerprint density at radius 3 is 2.71 bits per heavy atom. The second-order valence-corrected chi connectivity index (χ2v) is 4.97. The van der Waals surface area contributed by atoms with Crippen LogP contribution in [-0.2, 0) is 0 Å². The van der Waals surface area contributed by atoms with E-state index in [1.165, 1.54) is 12.1 Å². The number of halogens is 1. The molecule has 0 unspecified atom stereocenters. The van der Waals surface area contributed by atoms with Gasteiger partial charge >= 0.3 is 5.63 Å². The average Bonchev–Trinajstić information content (AvgIpc) is 2.36. The van der Waals surface area contributed by atoms with Gasteiger partial charge in [-0.1, -0.05) is 11.6 Å². The number of ether oxygens (including phenoxy) is 1. The second kappa shape index (κ2) is 5.18. The minimum atomic E-state index is -0.391. The molecule has 106 valence electrons. The van der Waals surface area contributed by atoms with Crippen molar-refractivity contribution in [2.24, 2.45) is 0 Å². The fraction of sp³-hybridized carbons (Fsp3) is 0.133. The Hall–Kier alpha value is -2.40. The molecular formula is C15H11ClN2O3. The molecule has 5 nitrogen and oxygen atoms in total. The number of fused-ring (bicyclic) bond motifs is 1. The van der Waals surface area contributed by atoms with Crippen LogP contribution >= 0.6 is 11.6 Å². The lowest BCUT2D eigenvalue weighted by Gasteiger charge is -2.07. The van der Waals surface area contributed by atoms with Gasteiger partial charge in [0.15, 0.2) is 0 Å². The molecule has 3 rings (SSSR count). The summed E-state index contributed by atoms with van der Waals surface area (Å²) >= 11 is 5.86. The van der Waals surface area contributed by atoms with Gasteiger partial charge in [-0.05, 0) is 31.5 Å². The first-order chi connectivity index (χ1) is 10.0. The van der Waals surface area contributed by atoms with Crippen LogP contribution in [0.15, 0.2) is 39.5 Å². The molecular weight excluding hydrogens is 292 g/mol. The molecule has 0 saturated heterocycles. The highest BCUT2D eigenvalue weighted by Crippen LogP contribution is 2.26. The highest BCUT2D eigenvalue weighted by Gasteiger charge is 2.07. The van der Waals surface area contributed by atoms with E-state index in [2.05, 4.69) is 9.97 Å². The average molecular weight is 303 g/mol. The summed E-state index contributed by atoms with van der Waals surface area (Å²) in [7, 11) is 0. The van der Waals surface area contributed by atoms with E-state index in [1.807, 2.05) is 13.0 Å². The van der Waals surface area contributed by atoms with Gasteiger partial charge < -0.3 is 9.15 Å². The summed E-state index contributed by atoms with van der Waals surface area (Å²) < 4.78 is 10.8. The van der Waals surface area contributed by atoms with Gasteiger partial charge in [0.25, 0.3) is 0 Å². The maximum Gasteiger partial charge on any atom is 0.336 e. The van der Waals surface area contributed by atoms with E-state index < -0.39 is 5.63 Å². The van der Waals surface area contributed by atoms with Crippen LogP contribution in [-0.4, -0.2) is 9.97 Å². The number of hydrogen-bond acceptors (Lipinski definition) is 5. The van der Waals surface area contributed by atoms with E-state index in [4.69, 9.17) is 20.8 Å². The third-order valence-electron chi connectivity index (χ3n) is 2.93. The highest BCUT2D eigenvalue weighted by molar-refractivity contribution is 6.29. The molecule has 0 aliphatic carbocycles. The Kier molecular flexibility index (Phi) is 3.35. The third kappa shape index (κ3) is 2.87. The zero-order chi connectivity index (χ0) is 15.0. The van der Waals surface area contributed by atoms with E-state index in [9.17, 15) is 4.79 Å². The third-order valence-corrected chi connectivity index (χ3v) is 3.12. The number of aryl methyl sites for hydroxylation is 2. The summed E-state index contributed by atoms with van der Waals surface area (Å²) in [5.41, 5.74) is 0.932. The van der Waals surface area contributed by atoms with Gasteiger partial charge in [-0.3, -0.25) is 0 Å². The maximum absolute atomic E-state index is 11.4. The van der Waals surface area contributed by atoms with E-state index in [-0.39, 0.29) is 0 Å². The molecule has 2 heterocycles. The van der Waals surface area contributed by atoms with E-state index in [0.29, 0.717) is 28.2 Å². The highest BCUT2D eigenvalue weighted by atomic mass is 35.5. The molecule has 1 aromatic carbocycles. The standard InChI is InChI=1S/C15H11ClN2O3/c1-8-5-15(19)21-12-6-10(3-4-11(8)12)20-14-7-13(16)17-9(2)18-14/h3-7H,1-2H3. The second-order valence-electron chi connectivity index (χ2n) is 4.58. The van der Waals surface area contributed by atoms with Crippen LogP contribution in [0.3, 0.4) is 0 Å². The minimum absolute atomic E-state index is 0.306. The molecule has 3 aromatic rings. The Labute approximate surface area is 125 Å². The predicted molar refractivity (Wildman–Crippen MR) is 79.1 cm³/mol. The molecule has 0 bridgehead atoms. The molecule has 0 saturated carbocycles. The van der Waals surface area contributed by atoms with Gasteiger partial charge in [0.2, 0.25) is 5.88 Å². The van der Waals surface area contributed by atoms with Crippen LogP contribution in [0.2, 0.25) is 5.15 Å². The lowest BCUT2D eigenvalue weighted by molar-refractivity contribution is 0.458. The van der Waals surface area contributed by atoms with Crippen LogP contribution in [0.4, 0.5) is 0 Å². The van der Waals surface area contributed by atoms with Gasteiger partial charge in [-0.15, -0.1) is 0 Å². The molecule has 0 atom stereocenters. The smallest absolute Gasteiger partial charge is 0.336 e. The van der Waals surface area contributed by atoms with Crippen molar-refractivity contribution < 1.29 is 9.15 Å². The van der Waals surface area contributed by atoms with Gasteiger partial charge in [0.05, 0.1) is 0 Å². The number of hydrogen-bond donors (Lipinski definition) is 0. The van der Waals surface area contributed by atoms with Gasteiger partial charge in [-0.25, -0.2) is 9.78 Å². The molecule has 0 aliphatic heterocycles. The Bertz CT molecular complexity index is 869. The Morgan fingerprint density at radius 2 is 1.95 bits per heavy atom. The molecule has 0 spiro atoms. The van der Waals surface area contributed by atoms with Crippen LogP contribution in [0.5, 0.6) is 11.6 Å². The summed E-state index contributed by atoms with van der Waals surface area (Å²) in [5.74, 6) is 1.35. The maximum atomic E-state index is 11.4. The van der Waals surface area contributed by atoms with Crippen molar-refractivity contribution in [2.75, 3.05) is 0 Å². The molecule has 21 heavy (non-hydrogen) atoms. The number of nitrogens with zero attached hydrogens (tertiary/aromatic N) is 2. The van der Waals surface area contributed by atoms with Crippen molar-refractivity contribution in [3.63, 3.8) is 0 Å². The SMILES string of the molecule is Cc1nc(Cl)cc(Oc2ccc3c(C)cc(=O)oc3c2)n1. The van der Waals surface area contributed by atoms with Crippen molar-refractivity contribution >= 4 is 22.6 Å². The summed E-state index contributed by atoms with van der Waals surface area (Å²) in [6.07, 6.45) is 0. The quantitative estimate of drug-likeness (QED) is 0.534. The zero-order valence-corrected chi connectivity index (χ0v) is 12.1. The number of rotatable bonds is 2. The van der Waals surface area contributed by atoms with E-state index >= 15 is 0 Å². The first-order valence-electron chi connectivity index (χ1n) is 6.25. The van der Waals surface area contributed by atoms with Crippen LogP contribution in [0.1, 0.15) is 11.4 Å². The summed E-state index contributed by atoms with van der Waals surface area (Å²) in [6.45, 7) is 3.58. The summed E-state index contributed by atoms with van der Waals surface area (Å²) in [5, 5.41) is 1.17. The van der Waals surface area contributed by atoms with Gasteiger partial charge in [0.1, 0.15) is 22.3 Å². The molecule has 0 fully saturated rings. The first kappa shape index (κ1) is 13.6. The normalized spacial score (nSPS) is 10.8. The first-order valence-corrected chi connectivity index (χ1v) is 6.62. The number of aromatic nitrogens is 2. The van der Waals surface area contributed by atoms with Crippen molar-refractivity contribution in [3.8, 4) is 11.6 Å².